The van der Waals surface area contributed by atoms with Crippen molar-refractivity contribution >= 4 is 80.3 Å². The van der Waals surface area contributed by atoms with Crippen molar-refractivity contribution in [3.63, 3.8) is 0 Å². The van der Waals surface area contributed by atoms with Gasteiger partial charge in [0, 0.05) is 73.9 Å². The Bertz CT molecular complexity index is 6800. The minimum atomic E-state index is 0.612. The van der Waals surface area contributed by atoms with Crippen LogP contribution in [0.5, 0.6) is 0 Å². The molecule has 0 saturated carbocycles. The molecule has 16 aromatic carbocycles. The van der Waals surface area contributed by atoms with Gasteiger partial charge in [0.05, 0.1) is 5.70 Å². The van der Waals surface area contributed by atoms with Gasteiger partial charge < -0.3 is 0 Å². The molecule has 0 bridgehead atoms. The van der Waals surface area contributed by atoms with E-state index in [-0.39, 0.29) is 0 Å². The average molecular weight is 1470 g/mol. The Morgan fingerprint density at radius 1 is 0.259 bits per heavy atom. The van der Waals surface area contributed by atoms with Gasteiger partial charge in [-0.05, 0) is 167 Å². The maximum atomic E-state index is 5.37. The number of hydrogen-bond donors (Lipinski definition) is 0. The Morgan fingerprint density at radius 3 is 1.13 bits per heavy atom. The summed E-state index contributed by atoms with van der Waals surface area (Å²) in [7, 11) is 0. The summed E-state index contributed by atoms with van der Waals surface area (Å²) in [4.78, 5) is 26.5. The molecule has 3 aromatic heterocycles. The lowest BCUT2D eigenvalue weighted by Gasteiger charge is -2.12. The maximum absolute atomic E-state index is 5.37. The lowest BCUT2D eigenvalue weighted by atomic mass is 9.93. The van der Waals surface area contributed by atoms with Gasteiger partial charge in [-0.15, -0.1) is 22.7 Å². The molecule has 7 heteroatoms. The normalized spacial score (nSPS) is 11.8. The highest BCUT2D eigenvalue weighted by atomic mass is 32.1. The van der Waals surface area contributed by atoms with Crippen LogP contribution in [-0.4, -0.2) is 26.5 Å². The van der Waals surface area contributed by atoms with Gasteiger partial charge in [0.25, 0.3) is 0 Å². The summed E-state index contributed by atoms with van der Waals surface area (Å²) in [5, 5.41) is 4.64. The van der Waals surface area contributed by atoms with Gasteiger partial charge in [0.1, 0.15) is 0 Å². The lowest BCUT2D eigenvalue weighted by Crippen LogP contribution is -2.06. The number of fused-ring (bicyclic) bond motifs is 6. The number of benzene rings is 16. The summed E-state index contributed by atoms with van der Waals surface area (Å²) in [6.45, 7) is 6.82. The second-order valence-corrected chi connectivity index (χ2v) is 30.3. The van der Waals surface area contributed by atoms with Crippen molar-refractivity contribution in [2.75, 3.05) is 0 Å². The highest BCUT2D eigenvalue weighted by Gasteiger charge is 2.21. The van der Waals surface area contributed by atoms with Gasteiger partial charge in [0.2, 0.25) is 0 Å². The molecule has 0 radical (unpaired) electrons. The Balaban J connectivity index is 0.572. The molecule has 0 spiro atoms. The van der Waals surface area contributed by atoms with Crippen LogP contribution in [0.25, 0.3) is 180 Å². The molecule has 0 aliphatic carbocycles. The minimum absolute atomic E-state index is 0.612. The van der Waals surface area contributed by atoms with Crippen molar-refractivity contribution in [3.05, 3.63) is 412 Å². The van der Waals surface area contributed by atoms with Crippen LogP contribution in [0.2, 0.25) is 0 Å². The van der Waals surface area contributed by atoms with E-state index in [0.717, 1.165) is 134 Å². The van der Waals surface area contributed by atoms with E-state index in [4.69, 9.17) is 24.9 Å². The molecule has 5 nitrogen and oxygen atoms in total. The van der Waals surface area contributed by atoms with Gasteiger partial charge in [0.15, 0.2) is 23.3 Å². The van der Waals surface area contributed by atoms with Crippen molar-refractivity contribution in [2.24, 2.45) is 9.98 Å². The second kappa shape index (κ2) is 30.2. The van der Waals surface area contributed by atoms with Crippen molar-refractivity contribution in [1.82, 2.24) is 15.0 Å². The van der Waals surface area contributed by atoms with E-state index in [1.165, 1.54) is 51.8 Å². The molecule has 0 aliphatic heterocycles. The molecule has 0 saturated heterocycles. The Morgan fingerprint density at radius 2 is 0.598 bits per heavy atom. The summed E-state index contributed by atoms with van der Waals surface area (Å²) in [5.74, 6) is 2.49. The average Bonchev–Trinajstić information content (AvgIpc) is 1.59. The van der Waals surface area contributed by atoms with Crippen LogP contribution in [0.1, 0.15) is 30.0 Å². The van der Waals surface area contributed by atoms with E-state index in [2.05, 4.69) is 371 Å². The zero-order chi connectivity index (χ0) is 74.9. The number of thiophene rings is 2. The van der Waals surface area contributed by atoms with E-state index in [1.807, 2.05) is 30.3 Å². The summed E-state index contributed by atoms with van der Waals surface area (Å²) < 4.78 is 4.79. The predicted octanol–water partition coefficient (Wildman–Crippen LogP) is 28.9. The van der Waals surface area contributed by atoms with Crippen molar-refractivity contribution < 1.29 is 0 Å². The third-order valence-corrected chi connectivity index (χ3v) is 23.5. The third kappa shape index (κ3) is 13.8. The number of nitrogens with zero attached hydrogens (tertiary/aromatic N) is 5. The quantitative estimate of drug-likeness (QED) is 0.0674. The summed E-state index contributed by atoms with van der Waals surface area (Å²) in [6, 6.07) is 139. The van der Waals surface area contributed by atoms with Gasteiger partial charge >= 0.3 is 0 Å². The molecular formula is C105H71N5S2. The van der Waals surface area contributed by atoms with Crippen LogP contribution in [0.15, 0.2) is 405 Å². The second-order valence-electron chi connectivity index (χ2n) is 28.1. The van der Waals surface area contributed by atoms with Crippen LogP contribution in [-0.2, 0) is 0 Å². The zero-order valence-electron chi connectivity index (χ0n) is 61.4. The molecule has 3 heterocycles. The van der Waals surface area contributed by atoms with E-state index in [0.29, 0.717) is 29.0 Å². The number of hydrogen-bond acceptors (Lipinski definition) is 6. The smallest absolute Gasteiger partial charge is 0.164 e. The largest absolute Gasteiger partial charge is 0.233 e. The van der Waals surface area contributed by atoms with Gasteiger partial charge in [-0.3, -0.25) is 0 Å². The van der Waals surface area contributed by atoms with Crippen LogP contribution in [0.4, 0.5) is 0 Å². The Kier molecular flexibility index (Phi) is 18.5. The molecule has 0 N–H and O–H groups in total. The summed E-state index contributed by atoms with van der Waals surface area (Å²) >= 11 is 3.60. The lowest BCUT2D eigenvalue weighted by molar-refractivity contribution is 1.08. The van der Waals surface area contributed by atoms with Crippen molar-refractivity contribution in [1.29, 1.82) is 0 Å². The maximum Gasteiger partial charge on any atom is 0.164 e. The first kappa shape index (κ1) is 68.6. The van der Waals surface area contributed by atoms with Crippen LogP contribution < -0.4 is 0 Å². The van der Waals surface area contributed by atoms with Crippen molar-refractivity contribution in [2.45, 2.75) is 13.3 Å². The Hall–Kier alpha value is -14.0. The predicted molar refractivity (Wildman–Crippen MR) is 476 cm³/mol. The van der Waals surface area contributed by atoms with E-state index >= 15 is 0 Å². The number of rotatable bonds is 17. The molecule has 112 heavy (non-hydrogen) atoms. The molecule has 528 valence electrons. The molecule has 0 amide bonds. The molecule has 0 aliphatic rings. The van der Waals surface area contributed by atoms with Gasteiger partial charge in [-0.1, -0.05) is 347 Å². The molecule has 19 rings (SSSR count). The molecular weight excluding hydrogens is 1400 g/mol. The topological polar surface area (TPSA) is 63.4 Å². The molecule has 0 atom stereocenters. The molecule has 19 aromatic rings. The highest BCUT2D eigenvalue weighted by Crippen LogP contribution is 2.45. The SMILES string of the molecule is C=C(N=C(N=C(CC)c1ccccc1)c1ccc(-c2ccccc2)cc1)c1cccc2sc3ccc(-c4cccc(-c5ccc(-c6cccc(-c7ccc(-c8cccc(-c9nc(-c%10ccccc%10)nc(-c%10cccc%11sc%12ccc(-c%13ccc(-c%14ccccc%14-c%14ccccc%14)cc%13)cc%12c%10%11)n9)c8)cc7)c6)cc5)c4)cc3c12. The van der Waals surface area contributed by atoms with Crippen LogP contribution >= 0.6 is 22.7 Å². The fourth-order valence-corrected chi connectivity index (χ4v) is 17.6. The summed E-state index contributed by atoms with van der Waals surface area (Å²) in [5.41, 5.74) is 28.2. The van der Waals surface area contributed by atoms with Gasteiger partial charge in [-0.2, -0.15) is 0 Å². The monoisotopic (exact) mass is 1470 g/mol. The molecule has 0 fully saturated rings. The van der Waals surface area contributed by atoms with Crippen LogP contribution in [0, 0.1) is 0 Å². The van der Waals surface area contributed by atoms with E-state index in [1.54, 1.807) is 22.7 Å². The first-order chi connectivity index (χ1) is 55.3. The standard InChI is InChI=1S/C105H71N5S2/c1-3-95(78-27-12-6-13-28-78)107-102(80-57-53-70(54-58-80)69-23-8-4-9-24-69)106-68(2)89-39-21-41-98-100(89)93-67-87(60-62-96(93)111-98)85-35-19-33-83(64-85)73-45-43-71(44-46-73)81-31-18-32-82(63-81)72-47-49-74(50-48-72)84-34-20-36-88(65-84)104-108-103(79-29-14-7-15-30-79)109-105(110-104)92-40-22-42-99-101(92)94-66-86(59-61-97(94)112-99)75-51-55-77(56-52-75)91-38-17-16-37-90(91)76-25-10-5-11-26-76/h4-67H,2-3H2,1H3. The molecule has 0 unspecified atom stereocenters. The van der Waals surface area contributed by atoms with E-state index in [9.17, 15) is 0 Å². The zero-order valence-corrected chi connectivity index (χ0v) is 63.1. The first-order valence-corrected chi connectivity index (χ1v) is 39.5. The van der Waals surface area contributed by atoms with Crippen LogP contribution in [0.3, 0.4) is 0 Å². The highest BCUT2D eigenvalue weighted by molar-refractivity contribution is 7.26. The summed E-state index contributed by atoms with van der Waals surface area (Å²) in [6.07, 6.45) is 0.747. The number of aliphatic imine (C=N–C) groups is 2. The fraction of sp³-hybridized carbons (Fsp3) is 0.0190. The Labute approximate surface area is 659 Å². The van der Waals surface area contributed by atoms with Gasteiger partial charge in [-0.25, -0.2) is 24.9 Å². The minimum Gasteiger partial charge on any atom is -0.233 e. The fourth-order valence-electron chi connectivity index (χ4n) is 15.4. The number of aromatic nitrogens is 3. The van der Waals surface area contributed by atoms with Crippen molar-refractivity contribution in [3.8, 4) is 134 Å². The third-order valence-electron chi connectivity index (χ3n) is 21.2. The van der Waals surface area contributed by atoms with E-state index < -0.39 is 0 Å². The number of amidine groups is 1. The first-order valence-electron chi connectivity index (χ1n) is 37.9.